The molecule has 1 rings (SSSR count). The minimum atomic E-state index is -3.19. The molecule has 0 aliphatic heterocycles. The summed E-state index contributed by atoms with van der Waals surface area (Å²) in [7, 11) is 0.949. The zero-order valence-electron chi connectivity index (χ0n) is 8.39. The van der Waals surface area contributed by atoms with Crippen molar-refractivity contribution >= 4 is 11.7 Å². The summed E-state index contributed by atoms with van der Waals surface area (Å²) in [6, 6.07) is 0. The smallest absolute Gasteiger partial charge is 0.346 e. The lowest BCUT2D eigenvalue weighted by atomic mass is 10.2. The Kier molecular flexibility index (Phi) is 3.51. The molecular weight excluding hydrogens is 242 g/mol. The molecular formula is C8H6F2N2O5. The van der Waals surface area contributed by atoms with Crippen molar-refractivity contribution in [3.63, 3.8) is 0 Å². The van der Waals surface area contributed by atoms with Gasteiger partial charge in [0.05, 0.1) is 12.0 Å². The van der Waals surface area contributed by atoms with Crippen LogP contribution in [-0.2, 0) is 4.74 Å². The van der Waals surface area contributed by atoms with Crippen LogP contribution < -0.4 is 0 Å². The average Bonchev–Trinajstić information content (AvgIpc) is 2.26. The van der Waals surface area contributed by atoms with Crippen molar-refractivity contribution in [3.05, 3.63) is 27.6 Å². The maximum absolute atomic E-state index is 12.3. The number of rotatable bonds is 3. The largest absolute Gasteiger partial charge is 0.501 e. The second-order valence-electron chi connectivity index (χ2n) is 2.80. The van der Waals surface area contributed by atoms with Crippen LogP contribution in [-0.4, -0.2) is 28.1 Å². The van der Waals surface area contributed by atoms with Gasteiger partial charge < -0.3 is 9.84 Å². The highest BCUT2D eigenvalue weighted by atomic mass is 19.3. The third-order valence-corrected chi connectivity index (χ3v) is 1.85. The van der Waals surface area contributed by atoms with Gasteiger partial charge in [-0.05, 0) is 0 Å². The van der Waals surface area contributed by atoms with Crippen LogP contribution in [0.25, 0.3) is 0 Å². The number of hydrogen-bond acceptors (Lipinski definition) is 6. The van der Waals surface area contributed by atoms with Crippen molar-refractivity contribution in [2.45, 2.75) is 6.43 Å². The molecule has 0 saturated carbocycles. The molecule has 0 fully saturated rings. The Morgan fingerprint density at radius 3 is 2.65 bits per heavy atom. The normalized spacial score (nSPS) is 10.4. The number of ether oxygens (including phenoxy) is 1. The van der Waals surface area contributed by atoms with Gasteiger partial charge in [-0.15, -0.1) is 0 Å². The summed E-state index contributed by atoms with van der Waals surface area (Å²) in [5.41, 5.74) is -3.01. The van der Waals surface area contributed by atoms with E-state index in [1.165, 1.54) is 0 Å². The number of carbonyl (C=O) groups excluding carboxylic acids is 1. The van der Waals surface area contributed by atoms with Crippen molar-refractivity contribution in [1.29, 1.82) is 0 Å². The molecule has 1 N–H and O–H groups in total. The SMILES string of the molecule is COC(=O)c1cnc(C(F)F)c(O)c1[N+](=O)[O-]. The van der Waals surface area contributed by atoms with E-state index in [2.05, 4.69) is 9.72 Å². The molecule has 0 bridgehead atoms. The number of pyridine rings is 1. The first-order valence-corrected chi connectivity index (χ1v) is 4.12. The molecule has 0 aromatic carbocycles. The molecule has 1 heterocycles. The first-order chi connectivity index (χ1) is 7.90. The molecule has 1 aromatic rings. The Labute approximate surface area is 92.8 Å². The van der Waals surface area contributed by atoms with Crippen LogP contribution in [0.15, 0.2) is 6.20 Å². The van der Waals surface area contributed by atoms with Gasteiger partial charge in [-0.2, -0.15) is 0 Å². The Balaban J connectivity index is 3.50. The minimum absolute atomic E-state index is 0.561. The monoisotopic (exact) mass is 248 g/mol. The van der Waals surface area contributed by atoms with Gasteiger partial charge in [0, 0.05) is 6.20 Å². The summed E-state index contributed by atoms with van der Waals surface area (Å²) in [5, 5.41) is 19.9. The van der Waals surface area contributed by atoms with E-state index in [1.807, 2.05) is 0 Å². The van der Waals surface area contributed by atoms with Crippen molar-refractivity contribution in [1.82, 2.24) is 4.98 Å². The van der Waals surface area contributed by atoms with Crippen molar-refractivity contribution < 1.29 is 28.3 Å². The lowest BCUT2D eigenvalue weighted by Crippen LogP contribution is -2.08. The number of aromatic hydroxyl groups is 1. The third kappa shape index (κ3) is 2.27. The van der Waals surface area contributed by atoms with E-state index in [1.54, 1.807) is 0 Å². The second kappa shape index (κ2) is 4.68. The van der Waals surface area contributed by atoms with E-state index in [0.717, 1.165) is 7.11 Å². The predicted molar refractivity (Wildman–Crippen MR) is 48.9 cm³/mol. The van der Waals surface area contributed by atoms with E-state index in [-0.39, 0.29) is 0 Å². The third-order valence-electron chi connectivity index (χ3n) is 1.85. The molecule has 0 amide bonds. The van der Waals surface area contributed by atoms with Crippen molar-refractivity contribution in [2.75, 3.05) is 7.11 Å². The van der Waals surface area contributed by atoms with Crippen LogP contribution >= 0.6 is 0 Å². The van der Waals surface area contributed by atoms with Gasteiger partial charge in [-0.3, -0.25) is 10.1 Å². The second-order valence-corrected chi connectivity index (χ2v) is 2.80. The average molecular weight is 248 g/mol. The van der Waals surface area contributed by atoms with Gasteiger partial charge in [0.15, 0.2) is 11.3 Å². The van der Waals surface area contributed by atoms with Crippen LogP contribution in [0.1, 0.15) is 22.5 Å². The fourth-order valence-corrected chi connectivity index (χ4v) is 1.11. The van der Waals surface area contributed by atoms with E-state index >= 15 is 0 Å². The number of nitro groups is 1. The maximum Gasteiger partial charge on any atom is 0.346 e. The summed E-state index contributed by atoms with van der Waals surface area (Å²) in [4.78, 5) is 23.6. The van der Waals surface area contributed by atoms with Crippen molar-refractivity contribution in [3.8, 4) is 5.75 Å². The summed E-state index contributed by atoms with van der Waals surface area (Å²) in [6.45, 7) is 0. The lowest BCUT2D eigenvalue weighted by Gasteiger charge is -2.06. The van der Waals surface area contributed by atoms with Gasteiger partial charge in [-0.25, -0.2) is 18.6 Å². The van der Waals surface area contributed by atoms with E-state index in [0.29, 0.717) is 6.20 Å². The van der Waals surface area contributed by atoms with Crippen LogP contribution in [0.3, 0.4) is 0 Å². The van der Waals surface area contributed by atoms with Crippen LogP contribution in [0.2, 0.25) is 0 Å². The summed E-state index contributed by atoms with van der Waals surface area (Å²) >= 11 is 0. The maximum atomic E-state index is 12.3. The van der Waals surface area contributed by atoms with Crippen LogP contribution in [0.4, 0.5) is 14.5 Å². The number of methoxy groups -OCH3 is 1. The van der Waals surface area contributed by atoms with Gasteiger partial charge >= 0.3 is 11.7 Å². The molecule has 17 heavy (non-hydrogen) atoms. The fourth-order valence-electron chi connectivity index (χ4n) is 1.11. The Morgan fingerprint density at radius 1 is 1.65 bits per heavy atom. The highest BCUT2D eigenvalue weighted by molar-refractivity contribution is 5.94. The molecule has 0 aliphatic carbocycles. The summed E-state index contributed by atoms with van der Waals surface area (Å²) in [6.07, 6.45) is -2.63. The number of halogens is 2. The molecule has 7 nitrogen and oxygen atoms in total. The molecule has 1 aromatic heterocycles. The molecule has 0 aliphatic rings. The summed E-state index contributed by atoms with van der Waals surface area (Å²) < 4.78 is 28.8. The lowest BCUT2D eigenvalue weighted by molar-refractivity contribution is -0.386. The molecule has 0 unspecified atom stereocenters. The zero-order valence-corrected chi connectivity index (χ0v) is 8.39. The highest BCUT2D eigenvalue weighted by Gasteiger charge is 2.31. The number of hydrogen-bond donors (Lipinski definition) is 1. The van der Waals surface area contributed by atoms with E-state index in [9.17, 15) is 28.8 Å². The first kappa shape index (κ1) is 12.7. The van der Waals surface area contributed by atoms with Crippen molar-refractivity contribution in [2.24, 2.45) is 0 Å². The predicted octanol–water partition coefficient (Wildman–Crippen LogP) is 1.42. The zero-order chi connectivity index (χ0) is 13.2. The number of alkyl halides is 2. The van der Waals surface area contributed by atoms with Gasteiger partial charge in [0.2, 0.25) is 5.75 Å². The molecule has 0 atom stereocenters. The Morgan fingerprint density at radius 2 is 2.24 bits per heavy atom. The number of aromatic nitrogens is 1. The van der Waals surface area contributed by atoms with Gasteiger partial charge in [0.25, 0.3) is 6.43 Å². The number of carbonyl (C=O) groups is 1. The Bertz CT molecular complexity index is 477. The molecule has 9 heteroatoms. The number of nitrogens with zero attached hydrogens (tertiary/aromatic N) is 2. The molecule has 92 valence electrons. The summed E-state index contributed by atoms with van der Waals surface area (Å²) in [5.74, 6) is -2.49. The quantitative estimate of drug-likeness (QED) is 0.493. The van der Waals surface area contributed by atoms with Crippen LogP contribution in [0, 0.1) is 10.1 Å². The molecule has 0 radical (unpaired) electrons. The highest BCUT2D eigenvalue weighted by Crippen LogP contribution is 2.36. The fraction of sp³-hybridized carbons (Fsp3) is 0.250. The Hall–Kier alpha value is -2.32. The minimum Gasteiger partial charge on any atom is -0.501 e. The van der Waals surface area contributed by atoms with E-state index < -0.39 is 40.0 Å². The molecule has 0 saturated heterocycles. The van der Waals surface area contributed by atoms with E-state index in [4.69, 9.17) is 0 Å². The standard InChI is InChI=1S/C8H6F2N2O5/c1-17-8(14)3-2-11-4(7(9)10)6(13)5(3)12(15)16/h2,7,13H,1H3. The molecule has 0 spiro atoms. The van der Waals surface area contributed by atoms with Gasteiger partial charge in [0.1, 0.15) is 0 Å². The topological polar surface area (TPSA) is 103 Å². The van der Waals surface area contributed by atoms with Crippen LogP contribution in [0.5, 0.6) is 5.75 Å². The first-order valence-electron chi connectivity index (χ1n) is 4.12. The van der Waals surface area contributed by atoms with Gasteiger partial charge in [-0.1, -0.05) is 0 Å². The number of esters is 1.